The number of halogens is 1. The number of carbonyl (C=O) groups is 1. The van der Waals surface area contributed by atoms with Crippen LogP contribution in [0.4, 0.5) is 0 Å². The molecule has 0 amide bonds. The van der Waals surface area contributed by atoms with Crippen molar-refractivity contribution in [3.05, 3.63) is 52.0 Å². The molecule has 0 spiro atoms. The van der Waals surface area contributed by atoms with E-state index < -0.39 is 5.97 Å². The minimum absolute atomic E-state index is 0.0132. The Morgan fingerprint density at radius 2 is 2.11 bits per heavy atom. The minimum atomic E-state index is -1.05. The lowest BCUT2D eigenvalue weighted by atomic mass is 10.1. The number of hydrogen-bond acceptors (Lipinski definition) is 3. The van der Waals surface area contributed by atoms with E-state index in [4.69, 9.17) is 5.11 Å². The summed E-state index contributed by atoms with van der Waals surface area (Å²) in [5.41, 5.74) is 0.0132. The first-order valence-electron chi connectivity index (χ1n) is 5.49. The van der Waals surface area contributed by atoms with Gasteiger partial charge in [-0.25, -0.2) is 14.5 Å². The van der Waals surface area contributed by atoms with E-state index in [2.05, 4.69) is 32.7 Å². The lowest BCUT2D eigenvalue weighted by molar-refractivity contribution is 0.0690. The zero-order valence-electron chi connectivity index (χ0n) is 9.62. The van der Waals surface area contributed by atoms with Crippen LogP contribution in [0.2, 0.25) is 0 Å². The van der Waals surface area contributed by atoms with Gasteiger partial charge in [-0.3, -0.25) is 0 Å². The van der Waals surface area contributed by atoms with Gasteiger partial charge in [-0.15, -0.1) is 0 Å². The summed E-state index contributed by atoms with van der Waals surface area (Å²) in [4.78, 5) is 15.3. The van der Waals surface area contributed by atoms with Crippen molar-refractivity contribution < 1.29 is 9.90 Å². The Labute approximate surface area is 122 Å². The van der Waals surface area contributed by atoms with E-state index in [0.29, 0.717) is 5.82 Å². The lowest BCUT2D eigenvalue weighted by Crippen LogP contribution is -2.06. The zero-order valence-corrected chi connectivity index (χ0v) is 11.8. The maximum Gasteiger partial charge on any atom is 0.354 e. The Hall–Kier alpha value is -1.96. The number of benzene rings is 1. The maximum absolute atomic E-state index is 11.1. The Kier molecular flexibility index (Phi) is 2.94. The van der Waals surface area contributed by atoms with Gasteiger partial charge < -0.3 is 5.11 Å². The van der Waals surface area contributed by atoms with Crippen molar-refractivity contribution in [2.45, 2.75) is 0 Å². The highest BCUT2D eigenvalue weighted by molar-refractivity contribution is 14.1. The molecule has 94 valence electrons. The van der Waals surface area contributed by atoms with Gasteiger partial charge in [0.15, 0.2) is 11.5 Å². The molecule has 0 saturated carbocycles. The Morgan fingerprint density at radius 1 is 1.32 bits per heavy atom. The molecule has 3 aromatic rings. The molecule has 0 aliphatic rings. The van der Waals surface area contributed by atoms with Crippen molar-refractivity contribution in [1.82, 2.24) is 14.8 Å². The standard InChI is InChI=1S/C13H8IN3O2/c14-9-6-15-17(7-9)12-10-4-2-1-3-8(10)5-11(16-12)13(18)19/h1-7H,(H,18,19). The third-order valence-electron chi connectivity index (χ3n) is 2.71. The quantitative estimate of drug-likeness (QED) is 0.710. The molecule has 0 saturated heterocycles. The van der Waals surface area contributed by atoms with E-state index in [0.717, 1.165) is 14.3 Å². The number of rotatable bonds is 2. The SMILES string of the molecule is O=C(O)c1cc2ccccc2c(-n2cc(I)cn2)n1. The first-order chi connectivity index (χ1) is 9.15. The second-order valence-corrected chi connectivity index (χ2v) is 5.21. The average molecular weight is 365 g/mol. The molecule has 0 unspecified atom stereocenters. The number of pyridine rings is 1. The summed E-state index contributed by atoms with van der Waals surface area (Å²) < 4.78 is 2.56. The van der Waals surface area contributed by atoms with E-state index in [-0.39, 0.29) is 5.69 Å². The summed E-state index contributed by atoms with van der Waals surface area (Å²) in [6.45, 7) is 0. The van der Waals surface area contributed by atoms with E-state index >= 15 is 0 Å². The molecule has 1 N–H and O–H groups in total. The summed E-state index contributed by atoms with van der Waals surface area (Å²) in [5.74, 6) is -0.521. The van der Waals surface area contributed by atoms with Crippen molar-refractivity contribution >= 4 is 39.3 Å². The second kappa shape index (κ2) is 4.61. The van der Waals surface area contributed by atoms with Gasteiger partial charge in [-0.1, -0.05) is 24.3 Å². The average Bonchev–Trinajstić information content (AvgIpc) is 2.84. The number of nitrogens with zero attached hydrogens (tertiary/aromatic N) is 3. The third-order valence-corrected chi connectivity index (χ3v) is 3.26. The van der Waals surface area contributed by atoms with Gasteiger partial charge in [0.05, 0.1) is 9.77 Å². The van der Waals surface area contributed by atoms with Gasteiger partial charge in [0.1, 0.15) is 0 Å². The van der Waals surface area contributed by atoms with E-state index in [1.54, 1.807) is 23.1 Å². The lowest BCUT2D eigenvalue weighted by Gasteiger charge is -2.07. The fourth-order valence-electron chi connectivity index (χ4n) is 1.88. The molecule has 0 fully saturated rings. The normalized spacial score (nSPS) is 10.8. The van der Waals surface area contributed by atoms with Crippen LogP contribution in [0.5, 0.6) is 0 Å². The molecule has 2 heterocycles. The topological polar surface area (TPSA) is 68.0 Å². The van der Waals surface area contributed by atoms with Gasteiger partial charge in [0.25, 0.3) is 0 Å². The number of hydrogen-bond donors (Lipinski definition) is 1. The molecule has 0 aliphatic carbocycles. The first kappa shape index (κ1) is 12.1. The third kappa shape index (κ3) is 2.19. The highest BCUT2D eigenvalue weighted by Crippen LogP contribution is 2.21. The largest absolute Gasteiger partial charge is 0.477 e. The van der Waals surface area contributed by atoms with E-state index in [9.17, 15) is 4.79 Å². The molecular weight excluding hydrogens is 357 g/mol. The van der Waals surface area contributed by atoms with Crippen LogP contribution in [0.25, 0.3) is 16.6 Å². The number of aromatic nitrogens is 3. The Morgan fingerprint density at radius 3 is 2.79 bits per heavy atom. The highest BCUT2D eigenvalue weighted by atomic mass is 127. The van der Waals surface area contributed by atoms with Crippen LogP contribution >= 0.6 is 22.6 Å². The molecule has 2 aromatic heterocycles. The number of fused-ring (bicyclic) bond motifs is 1. The summed E-state index contributed by atoms with van der Waals surface area (Å²) in [6, 6.07) is 9.09. The molecule has 3 rings (SSSR count). The van der Waals surface area contributed by atoms with Gasteiger partial charge in [-0.05, 0) is 34.0 Å². The summed E-state index contributed by atoms with van der Waals surface area (Å²) in [7, 11) is 0. The molecular formula is C13H8IN3O2. The van der Waals surface area contributed by atoms with Gasteiger partial charge in [0, 0.05) is 11.6 Å². The number of carboxylic acids is 1. The minimum Gasteiger partial charge on any atom is -0.477 e. The summed E-state index contributed by atoms with van der Waals surface area (Å²) in [6.07, 6.45) is 3.51. The molecule has 19 heavy (non-hydrogen) atoms. The predicted molar refractivity (Wildman–Crippen MR) is 78.5 cm³/mol. The highest BCUT2D eigenvalue weighted by Gasteiger charge is 2.12. The van der Waals surface area contributed by atoms with Crippen molar-refractivity contribution in [1.29, 1.82) is 0 Å². The van der Waals surface area contributed by atoms with Crippen LogP contribution in [0.1, 0.15) is 10.5 Å². The van der Waals surface area contributed by atoms with Gasteiger partial charge >= 0.3 is 5.97 Å². The van der Waals surface area contributed by atoms with Crippen molar-refractivity contribution in [3.8, 4) is 5.82 Å². The molecule has 0 radical (unpaired) electrons. The fraction of sp³-hybridized carbons (Fsp3) is 0. The van der Waals surface area contributed by atoms with Gasteiger partial charge in [-0.2, -0.15) is 5.10 Å². The first-order valence-corrected chi connectivity index (χ1v) is 6.56. The van der Waals surface area contributed by atoms with Crippen LogP contribution in [0.3, 0.4) is 0 Å². The Balaban J connectivity index is 2.35. The molecule has 5 nitrogen and oxygen atoms in total. The zero-order chi connectivity index (χ0) is 13.4. The van der Waals surface area contributed by atoms with E-state index in [1.165, 1.54) is 0 Å². The predicted octanol–water partition coefficient (Wildman–Crippen LogP) is 2.72. The van der Waals surface area contributed by atoms with Crippen molar-refractivity contribution in [2.75, 3.05) is 0 Å². The molecule has 0 atom stereocenters. The van der Waals surface area contributed by atoms with Crippen molar-refractivity contribution in [3.63, 3.8) is 0 Å². The number of aromatic carboxylic acids is 1. The molecule has 0 aliphatic heterocycles. The van der Waals surface area contributed by atoms with E-state index in [1.807, 2.05) is 24.3 Å². The smallest absolute Gasteiger partial charge is 0.354 e. The fourth-order valence-corrected chi connectivity index (χ4v) is 2.27. The van der Waals surface area contributed by atoms with Gasteiger partial charge in [0.2, 0.25) is 0 Å². The van der Waals surface area contributed by atoms with Crippen LogP contribution in [0.15, 0.2) is 42.7 Å². The van der Waals surface area contributed by atoms with Crippen molar-refractivity contribution in [2.24, 2.45) is 0 Å². The van der Waals surface area contributed by atoms with Crippen LogP contribution in [0, 0.1) is 3.57 Å². The van der Waals surface area contributed by atoms with Crippen LogP contribution in [-0.2, 0) is 0 Å². The monoisotopic (exact) mass is 365 g/mol. The number of carboxylic acid groups (broad SMARTS) is 1. The molecule has 0 bridgehead atoms. The maximum atomic E-state index is 11.1. The van der Waals surface area contributed by atoms with Crippen LogP contribution in [-0.4, -0.2) is 25.8 Å². The molecule has 1 aromatic carbocycles. The summed E-state index contributed by atoms with van der Waals surface area (Å²) >= 11 is 2.15. The molecule has 6 heteroatoms. The Bertz CT molecular complexity index is 782. The summed E-state index contributed by atoms with van der Waals surface area (Å²) in [5, 5.41) is 15.0. The van der Waals surface area contributed by atoms with Crippen LogP contribution < -0.4 is 0 Å². The second-order valence-electron chi connectivity index (χ2n) is 3.96.